The van der Waals surface area contributed by atoms with Crippen molar-refractivity contribution in [3.8, 4) is 0 Å². The highest BCUT2D eigenvalue weighted by atomic mass is 35.6. The summed E-state index contributed by atoms with van der Waals surface area (Å²) in [7, 11) is -4.67. The quantitative estimate of drug-likeness (QED) is 0.727. The number of hydrogen-bond donors (Lipinski definition) is 0. The van der Waals surface area contributed by atoms with Gasteiger partial charge in [-0.2, -0.15) is 8.42 Å². The van der Waals surface area contributed by atoms with Crippen LogP contribution in [0.2, 0.25) is 0 Å². The van der Waals surface area contributed by atoms with Gasteiger partial charge in [-0.1, -0.05) is 71.2 Å². The predicted molar refractivity (Wildman–Crippen MR) is 96.6 cm³/mol. The molecule has 1 heterocycles. The van der Waals surface area contributed by atoms with E-state index in [1.165, 1.54) is 12.1 Å². The lowest BCUT2D eigenvalue weighted by Gasteiger charge is -2.15. The summed E-state index contributed by atoms with van der Waals surface area (Å²) >= 11 is 16.1. The first-order valence-electron chi connectivity index (χ1n) is 6.58. The fraction of sp³-hybridized carbons (Fsp3) is 0.133. The molecule has 24 heavy (non-hydrogen) atoms. The van der Waals surface area contributed by atoms with E-state index >= 15 is 0 Å². The molecule has 0 aliphatic carbocycles. The van der Waals surface area contributed by atoms with Crippen molar-refractivity contribution in [2.45, 2.75) is 10.0 Å². The molecule has 0 aliphatic rings. The van der Waals surface area contributed by atoms with Crippen LogP contribution in [0, 0.1) is 6.92 Å². The molecule has 0 N–H and O–H groups in total. The van der Waals surface area contributed by atoms with Gasteiger partial charge in [-0.3, -0.25) is 9.08 Å². The summed E-state index contributed by atoms with van der Waals surface area (Å²) in [6.45, 7) is 1.69. The van der Waals surface area contributed by atoms with Gasteiger partial charge in [0.2, 0.25) is 0 Å². The summed E-state index contributed by atoms with van der Waals surface area (Å²) < 4.78 is 26.3. The van der Waals surface area contributed by atoms with Crippen LogP contribution in [0.3, 0.4) is 0 Å². The summed E-state index contributed by atoms with van der Waals surface area (Å²) in [6.07, 6.45) is 3.22. The average Bonchev–Trinajstić information content (AvgIpc) is 2.48. The molecule has 0 amide bonds. The third-order valence-corrected chi connectivity index (χ3v) is 5.48. The fourth-order valence-electron chi connectivity index (χ4n) is 1.80. The molecular weight excluding hydrogens is 397 g/mol. The van der Waals surface area contributed by atoms with Crippen LogP contribution in [0.1, 0.15) is 16.8 Å². The van der Waals surface area contributed by atoms with E-state index in [9.17, 15) is 13.2 Å². The third-order valence-electron chi connectivity index (χ3n) is 2.86. The molecule has 0 fully saturated rings. The summed E-state index contributed by atoms with van der Waals surface area (Å²) in [5.74, 6) is 0. The van der Waals surface area contributed by atoms with Gasteiger partial charge in [0, 0.05) is 6.07 Å². The zero-order valence-electron chi connectivity index (χ0n) is 12.3. The number of pyridine rings is 1. The van der Waals surface area contributed by atoms with Gasteiger partial charge in [-0.15, -0.1) is 4.73 Å². The molecule has 128 valence electrons. The molecule has 2 rings (SSSR count). The Kier molecular flexibility index (Phi) is 5.65. The topological polar surface area (TPSA) is 65.4 Å². The number of aryl methyl sites for hydroxylation is 1. The molecule has 2 aromatic rings. The molecule has 0 saturated carbocycles. The third kappa shape index (κ3) is 4.54. The van der Waals surface area contributed by atoms with Gasteiger partial charge < -0.3 is 0 Å². The monoisotopic (exact) mass is 407 g/mol. The van der Waals surface area contributed by atoms with Crippen molar-refractivity contribution < 1.29 is 12.7 Å². The molecular formula is C15H12Cl3NO4S. The summed E-state index contributed by atoms with van der Waals surface area (Å²) in [6, 6.07) is 12.0. The van der Waals surface area contributed by atoms with Crippen LogP contribution in [-0.2, 0) is 10.1 Å². The fourth-order valence-corrected chi connectivity index (χ4v) is 2.49. The first-order valence-corrected chi connectivity index (χ1v) is 9.12. The molecule has 9 heteroatoms. The number of nitrogens with zero attached hydrogens (tertiary/aromatic N) is 1. The van der Waals surface area contributed by atoms with Crippen molar-refractivity contribution in [1.29, 1.82) is 0 Å². The number of alkyl halides is 3. The van der Waals surface area contributed by atoms with Gasteiger partial charge in [0.05, 0.1) is 5.69 Å². The number of aromatic nitrogens is 1. The van der Waals surface area contributed by atoms with E-state index in [1.807, 2.05) is 30.3 Å². The zero-order valence-corrected chi connectivity index (χ0v) is 15.4. The van der Waals surface area contributed by atoms with Crippen molar-refractivity contribution in [2.75, 3.05) is 0 Å². The van der Waals surface area contributed by atoms with Gasteiger partial charge in [-0.05, 0) is 30.2 Å². The molecule has 0 unspecified atom stereocenters. The molecule has 0 spiro atoms. The van der Waals surface area contributed by atoms with Gasteiger partial charge in [0.15, 0.2) is 0 Å². The minimum Gasteiger partial charge on any atom is -0.281 e. The van der Waals surface area contributed by atoms with Crippen LogP contribution in [-0.4, -0.2) is 16.3 Å². The van der Waals surface area contributed by atoms with E-state index in [0.717, 1.165) is 5.56 Å². The first kappa shape index (κ1) is 18.9. The molecule has 0 bridgehead atoms. The molecule has 0 atom stereocenters. The van der Waals surface area contributed by atoms with E-state index in [0.29, 0.717) is 10.3 Å². The SMILES string of the molecule is Cc1cc(C=Cc2ccccc2)n(OS(=O)(=O)C(Cl)(Cl)Cl)c(=O)c1. The lowest BCUT2D eigenvalue weighted by atomic mass is 10.2. The van der Waals surface area contributed by atoms with Crippen molar-refractivity contribution in [1.82, 2.24) is 4.73 Å². The van der Waals surface area contributed by atoms with Crippen LogP contribution in [0.5, 0.6) is 0 Å². The Balaban J connectivity index is 2.49. The van der Waals surface area contributed by atoms with Gasteiger partial charge in [0.1, 0.15) is 0 Å². The summed E-state index contributed by atoms with van der Waals surface area (Å²) in [4.78, 5) is 12.1. The number of benzene rings is 1. The average molecular weight is 409 g/mol. The zero-order chi connectivity index (χ0) is 18.0. The highest BCUT2D eigenvalue weighted by Crippen LogP contribution is 2.32. The van der Waals surface area contributed by atoms with E-state index < -0.39 is 18.8 Å². The van der Waals surface area contributed by atoms with Crippen LogP contribution < -0.4 is 9.84 Å². The minimum absolute atomic E-state index is 0.182. The lowest BCUT2D eigenvalue weighted by molar-refractivity contribution is 0.264. The van der Waals surface area contributed by atoms with E-state index in [4.69, 9.17) is 39.1 Å². The molecule has 0 radical (unpaired) electrons. The van der Waals surface area contributed by atoms with E-state index in [2.05, 4.69) is 0 Å². The Labute approximate surface area is 154 Å². The Morgan fingerprint density at radius 1 is 1.08 bits per heavy atom. The predicted octanol–water partition coefficient (Wildman–Crippen LogP) is 3.41. The van der Waals surface area contributed by atoms with Crippen LogP contribution in [0.25, 0.3) is 12.2 Å². The summed E-state index contributed by atoms with van der Waals surface area (Å²) in [5.41, 5.74) is 0.947. The first-order chi connectivity index (χ1) is 11.1. The van der Waals surface area contributed by atoms with Crippen LogP contribution >= 0.6 is 34.8 Å². The normalized spacial score (nSPS) is 12.5. The Morgan fingerprint density at radius 3 is 2.29 bits per heavy atom. The molecule has 1 aromatic carbocycles. The maximum absolute atomic E-state index is 12.1. The Hall–Kier alpha value is -1.47. The van der Waals surface area contributed by atoms with Crippen LogP contribution in [0.4, 0.5) is 0 Å². The smallest absolute Gasteiger partial charge is 0.281 e. The second-order valence-corrected chi connectivity index (χ2v) is 9.43. The largest absolute Gasteiger partial charge is 0.376 e. The lowest BCUT2D eigenvalue weighted by Crippen LogP contribution is -2.37. The number of rotatable bonds is 4. The molecule has 0 saturated heterocycles. The minimum atomic E-state index is -4.67. The molecule has 0 aliphatic heterocycles. The Morgan fingerprint density at radius 2 is 1.71 bits per heavy atom. The molecule has 5 nitrogen and oxygen atoms in total. The van der Waals surface area contributed by atoms with Crippen molar-refractivity contribution in [3.05, 3.63) is 69.6 Å². The summed E-state index contributed by atoms with van der Waals surface area (Å²) in [5, 5.41) is 0. The van der Waals surface area contributed by atoms with E-state index in [-0.39, 0.29) is 5.69 Å². The number of halogens is 3. The van der Waals surface area contributed by atoms with Crippen molar-refractivity contribution in [2.24, 2.45) is 0 Å². The maximum atomic E-state index is 12.1. The van der Waals surface area contributed by atoms with Crippen molar-refractivity contribution in [3.63, 3.8) is 0 Å². The second kappa shape index (κ2) is 7.19. The molecule has 1 aromatic heterocycles. The second-order valence-electron chi connectivity index (χ2n) is 4.81. The number of hydrogen-bond acceptors (Lipinski definition) is 4. The maximum Gasteiger partial charge on any atom is 0.376 e. The van der Waals surface area contributed by atoms with Gasteiger partial charge in [0.25, 0.3) is 5.56 Å². The van der Waals surface area contributed by atoms with E-state index in [1.54, 1.807) is 19.1 Å². The van der Waals surface area contributed by atoms with Gasteiger partial charge >= 0.3 is 13.2 Å². The standard InChI is InChI=1S/C15H12Cl3NO4S/c1-11-9-13(8-7-12-5-3-2-4-6-12)19(14(20)10-11)23-24(21,22)15(16,17)18/h2-10H,1H3. The van der Waals surface area contributed by atoms with Crippen molar-refractivity contribution >= 4 is 57.1 Å². The Bertz CT molecular complexity index is 916. The van der Waals surface area contributed by atoms with Crippen LogP contribution in [0.15, 0.2) is 47.3 Å². The van der Waals surface area contributed by atoms with Gasteiger partial charge in [-0.25, -0.2) is 0 Å². The highest BCUT2D eigenvalue weighted by Gasteiger charge is 2.41. The highest BCUT2D eigenvalue weighted by molar-refractivity contribution is 7.93.